The van der Waals surface area contributed by atoms with E-state index in [1.807, 2.05) is 12.3 Å². The smallest absolute Gasteiger partial charge is 0.237 e. The fourth-order valence-electron chi connectivity index (χ4n) is 0.855. The lowest BCUT2D eigenvalue weighted by Gasteiger charge is -2.12. The molecule has 1 aromatic heterocycles. The number of nitrogens with two attached hydrogens (primary N) is 1. The van der Waals surface area contributed by atoms with Crippen LogP contribution in [0.4, 0.5) is 0 Å². The number of aromatic nitrogens is 1. The summed E-state index contributed by atoms with van der Waals surface area (Å²) in [5.41, 5.74) is 5.41. The summed E-state index contributed by atoms with van der Waals surface area (Å²) in [7, 11) is 0. The minimum atomic E-state index is -0.470. The van der Waals surface area contributed by atoms with Gasteiger partial charge in [-0.25, -0.2) is 4.98 Å². The molecular weight excluding hydrogens is 186 g/mol. The highest BCUT2D eigenvalue weighted by atomic mass is 32.1. The predicted molar refractivity (Wildman–Crippen MR) is 52.3 cm³/mol. The maximum Gasteiger partial charge on any atom is 0.237 e. The van der Waals surface area contributed by atoms with Crippen molar-refractivity contribution in [1.29, 1.82) is 0 Å². The third kappa shape index (κ3) is 2.78. The van der Waals surface area contributed by atoms with Gasteiger partial charge in [0.2, 0.25) is 5.91 Å². The van der Waals surface area contributed by atoms with Crippen molar-refractivity contribution in [2.75, 3.05) is 0 Å². The van der Waals surface area contributed by atoms with Gasteiger partial charge in [-0.3, -0.25) is 4.79 Å². The van der Waals surface area contributed by atoms with Crippen LogP contribution in [0.2, 0.25) is 0 Å². The Hall–Kier alpha value is -0.940. The molecule has 0 saturated carbocycles. The molecule has 0 radical (unpaired) electrons. The molecule has 72 valence electrons. The van der Waals surface area contributed by atoms with Crippen LogP contribution in [0.5, 0.6) is 0 Å². The Morgan fingerprint density at radius 2 is 2.38 bits per heavy atom. The van der Waals surface area contributed by atoms with Gasteiger partial charge in [0.1, 0.15) is 5.01 Å². The first-order chi connectivity index (χ1) is 6.11. The average Bonchev–Trinajstić information content (AvgIpc) is 2.55. The fourth-order valence-corrected chi connectivity index (χ4v) is 1.50. The number of hydrogen-bond donors (Lipinski definition) is 2. The number of carbonyl (C=O) groups is 1. The zero-order chi connectivity index (χ0) is 9.84. The largest absolute Gasteiger partial charge is 0.346 e. The number of carbonyl (C=O) groups excluding carboxylic acids is 1. The van der Waals surface area contributed by atoms with E-state index in [0.29, 0.717) is 0 Å². The van der Waals surface area contributed by atoms with E-state index in [0.717, 1.165) is 5.01 Å². The minimum Gasteiger partial charge on any atom is -0.346 e. The molecule has 0 bridgehead atoms. The summed E-state index contributed by atoms with van der Waals surface area (Å²) in [5.74, 6) is -0.150. The van der Waals surface area contributed by atoms with E-state index < -0.39 is 6.04 Å². The number of rotatable bonds is 3. The highest BCUT2D eigenvalue weighted by Gasteiger charge is 2.13. The third-order valence-corrected chi connectivity index (χ3v) is 2.55. The molecule has 4 nitrogen and oxygen atoms in total. The van der Waals surface area contributed by atoms with Crippen molar-refractivity contribution in [2.24, 2.45) is 5.73 Å². The summed E-state index contributed by atoms with van der Waals surface area (Å²) in [6.07, 6.45) is 1.72. The van der Waals surface area contributed by atoms with Gasteiger partial charge < -0.3 is 11.1 Å². The minimum absolute atomic E-state index is 0.0569. The molecule has 0 aliphatic rings. The van der Waals surface area contributed by atoms with Crippen LogP contribution in [0.3, 0.4) is 0 Å². The summed E-state index contributed by atoms with van der Waals surface area (Å²) in [5, 5.41) is 5.54. The molecule has 2 atom stereocenters. The first kappa shape index (κ1) is 10.1. The van der Waals surface area contributed by atoms with E-state index in [1.165, 1.54) is 11.3 Å². The third-order valence-electron chi connectivity index (χ3n) is 1.59. The molecule has 0 aliphatic carbocycles. The predicted octanol–water partition coefficient (Wildman–Crippen LogP) is 0.667. The van der Waals surface area contributed by atoms with Gasteiger partial charge in [-0.2, -0.15) is 0 Å². The van der Waals surface area contributed by atoms with Gasteiger partial charge in [0.05, 0.1) is 12.1 Å². The van der Waals surface area contributed by atoms with Crippen molar-refractivity contribution < 1.29 is 4.79 Å². The summed E-state index contributed by atoms with van der Waals surface area (Å²) in [6, 6.07) is -0.527. The van der Waals surface area contributed by atoms with E-state index in [4.69, 9.17) is 5.73 Å². The molecule has 1 heterocycles. The number of nitrogens with zero attached hydrogens (tertiary/aromatic N) is 1. The van der Waals surface area contributed by atoms with Crippen molar-refractivity contribution >= 4 is 17.2 Å². The summed E-state index contributed by atoms with van der Waals surface area (Å²) in [6.45, 7) is 3.54. The SMILES string of the molecule is CC(N)C(=O)NC(C)c1nccs1. The van der Waals surface area contributed by atoms with Gasteiger partial charge >= 0.3 is 0 Å². The lowest BCUT2D eigenvalue weighted by atomic mass is 10.3. The molecule has 2 unspecified atom stereocenters. The van der Waals surface area contributed by atoms with E-state index in [-0.39, 0.29) is 11.9 Å². The molecule has 1 aromatic rings. The highest BCUT2D eigenvalue weighted by molar-refractivity contribution is 7.09. The van der Waals surface area contributed by atoms with Crippen LogP contribution in [0, 0.1) is 0 Å². The lowest BCUT2D eigenvalue weighted by molar-refractivity contribution is -0.122. The molecule has 1 rings (SSSR count). The van der Waals surface area contributed by atoms with Crippen LogP contribution in [0.15, 0.2) is 11.6 Å². The highest BCUT2D eigenvalue weighted by Crippen LogP contribution is 2.14. The Balaban J connectivity index is 2.51. The molecular formula is C8H13N3OS. The van der Waals surface area contributed by atoms with Crippen LogP contribution >= 0.6 is 11.3 Å². The second kappa shape index (κ2) is 4.34. The second-order valence-electron chi connectivity index (χ2n) is 2.89. The molecule has 13 heavy (non-hydrogen) atoms. The van der Waals surface area contributed by atoms with E-state index in [2.05, 4.69) is 10.3 Å². The van der Waals surface area contributed by atoms with Gasteiger partial charge in [0, 0.05) is 11.6 Å². The zero-order valence-electron chi connectivity index (χ0n) is 7.65. The van der Waals surface area contributed by atoms with Crippen LogP contribution in [-0.2, 0) is 4.79 Å². The Bertz CT molecular complexity index is 271. The van der Waals surface area contributed by atoms with Gasteiger partial charge in [-0.15, -0.1) is 11.3 Å². The first-order valence-electron chi connectivity index (χ1n) is 4.06. The molecule has 0 aliphatic heterocycles. The van der Waals surface area contributed by atoms with E-state index in [9.17, 15) is 4.79 Å². The Labute approximate surface area is 81.2 Å². The van der Waals surface area contributed by atoms with Crippen molar-refractivity contribution in [3.63, 3.8) is 0 Å². The summed E-state index contributed by atoms with van der Waals surface area (Å²) >= 11 is 1.52. The molecule has 0 aromatic carbocycles. The monoisotopic (exact) mass is 199 g/mol. The standard InChI is InChI=1S/C8H13N3OS/c1-5(9)7(12)11-6(2)8-10-3-4-13-8/h3-6H,9H2,1-2H3,(H,11,12). The van der Waals surface area contributed by atoms with Crippen molar-refractivity contribution in [1.82, 2.24) is 10.3 Å². The quantitative estimate of drug-likeness (QED) is 0.751. The van der Waals surface area contributed by atoms with Crippen molar-refractivity contribution in [3.8, 4) is 0 Å². The van der Waals surface area contributed by atoms with Gasteiger partial charge in [-0.05, 0) is 13.8 Å². The maximum atomic E-state index is 11.2. The van der Waals surface area contributed by atoms with Gasteiger partial charge in [0.15, 0.2) is 0 Å². The maximum absolute atomic E-state index is 11.2. The first-order valence-corrected chi connectivity index (χ1v) is 4.94. The van der Waals surface area contributed by atoms with Crippen LogP contribution in [-0.4, -0.2) is 16.9 Å². The number of nitrogens with one attached hydrogen (secondary N) is 1. The lowest BCUT2D eigenvalue weighted by Crippen LogP contribution is -2.39. The normalized spacial score (nSPS) is 15.0. The topological polar surface area (TPSA) is 68.0 Å². The Morgan fingerprint density at radius 1 is 1.69 bits per heavy atom. The second-order valence-corrected chi connectivity index (χ2v) is 3.82. The van der Waals surface area contributed by atoms with Gasteiger partial charge in [0.25, 0.3) is 0 Å². The Morgan fingerprint density at radius 3 is 2.85 bits per heavy atom. The van der Waals surface area contributed by atoms with E-state index >= 15 is 0 Å². The summed E-state index contributed by atoms with van der Waals surface area (Å²) in [4.78, 5) is 15.3. The Kier molecular flexibility index (Phi) is 3.39. The molecule has 1 amide bonds. The van der Waals surface area contributed by atoms with Gasteiger partial charge in [-0.1, -0.05) is 0 Å². The zero-order valence-corrected chi connectivity index (χ0v) is 8.47. The van der Waals surface area contributed by atoms with Crippen molar-refractivity contribution in [2.45, 2.75) is 25.9 Å². The average molecular weight is 199 g/mol. The number of amides is 1. The number of hydrogen-bond acceptors (Lipinski definition) is 4. The van der Waals surface area contributed by atoms with Crippen LogP contribution in [0.25, 0.3) is 0 Å². The molecule has 0 saturated heterocycles. The van der Waals surface area contributed by atoms with Crippen LogP contribution < -0.4 is 11.1 Å². The number of thiazole rings is 1. The summed E-state index contributed by atoms with van der Waals surface area (Å²) < 4.78 is 0. The fraction of sp³-hybridized carbons (Fsp3) is 0.500. The molecule has 0 fully saturated rings. The molecule has 3 N–H and O–H groups in total. The molecule has 5 heteroatoms. The van der Waals surface area contributed by atoms with E-state index in [1.54, 1.807) is 13.1 Å². The molecule has 0 spiro atoms. The van der Waals surface area contributed by atoms with Crippen LogP contribution in [0.1, 0.15) is 24.9 Å². The van der Waals surface area contributed by atoms with Crippen molar-refractivity contribution in [3.05, 3.63) is 16.6 Å².